The molecule has 0 bridgehead atoms. The molecule has 0 amide bonds. The van der Waals surface area contributed by atoms with Crippen LogP contribution in [-0.2, 0) is 11.0 Å². The topological polar surface area (TPSA) is 35.6 Å². The maximum absolute atomic E-state index is 13.5. The normalized spacial score (nSPS) is 23.9. The fourth-order valence-electron chi connectivity index (χ4n) is 3.01. The van der Waals surface area contributed by atoms with Gasteiger partial charge in [0.25, 0.3) is 0 Å². The molecule has 110 valence electrons. The van der Waals surface area contributed by atoms with E-state index in [0.29, 0.717) is 24.8 Å². The summed E-state index contributed by atoms with van der Waals surface area (Å²) in [5, 5.41) is 3.25. The first-order valence-corrected chi connectivity index (χ1v) is 9.54. The number of hydrogen-bond acceptors (Lipinski definition) is 1. The molecule has 7 heteroatoms. The fraction of sp³-hybridized carbons (Fsp3) is 0.538. The highest BCUT2D eigenvalue weighted by atomic mass is 35.5. The van der Waals surface area contributed by atoms with E-state index in [1.54, 1.807) is 0 Å². The van der Waals surface area contributed by atoms with Crippen molar-refractivity contribution in [1.82, 2.24) is 4.67 Å². The van der Waals surface area contributed by atoms with Crippen LogP contribution in [0.4, 0.5) is 11.4 Å². The average molecular weight is 334 g/mol. The highest BCUT2D eigenvalue weighted by Crippen LogP contribution is 2.64. The van der Waals surface area contributed by atoms with Crippen LogP contribution in [0.25, 0.3) is 0 Å². The summed E-state index contributed by atoms with van der Waals surface area (Å²) in [6.45, 7) is 1.95. The maximum Gasteiger partial charge on any atom is 0.333 e. The largest absolute Gasteiger partial charge is 0.333 e. The standard InChI is InChI=1S/C13H18Cl2N3OP/c14-6-9-17(10-7-15)20(19)16-12-5-1-3-11-4-2-8-18(20)13(11)12/h1,3,5H,2,4,6-10H2,(H,16,19)/t20-/m1/s1. The molecular formula is C13H18Cl2N3OP. The Balaban J connectivity index is 2.00. The summed E-state index contributed by atoms with van der Waals surface area (Å²) >= 11 is 11.7. The highest BCUT2D eigenvalue weighted by Gasteiger charge is 2.45. The Morgan fingerprint density at radius 3 is 2.75 bits per heavy atom. The van der Waals surface area contributed by atoms with Gasteiger partial charge < -0.3 is 5.09 Å². The summed E-state index contributed by atoms with van der Waals surface area (Å²) in [5.41, 5.74) is 3.35. The van der Waals surface area contributed by atoms with Crippen LogP contribution in [0.1, 0.15) is 12.0 Å². The van der Waals surface area contributed by atoms with Crippen molar-refractivity contribution in [1.29, 1.82) is 0 Å². The number of aryl methyl sites for hydroxylation is 1. The van der Waals surface area contributed by atoms with Gasteiger partial charge in [-0.15, -0.1) is 23.2 Å². The van der Waals surface area contributed by atoms with Gasteiger partial charge in [0, 0.05) is 31.4 Å². The lowest BCUT2D eigenvalue weighted by Gasteiger charge is -2.36. The van der Waals surface area contributed by atoms with Crippen molar-refractivity contribution < 1.29 is 4.57 Å². The van der Waals surface area contributed by atoms with Gasteiger partial charge in [-0.25, -0.2) is 4.67 Å². The predicted molar refractivity (Wildman–Crippen MR) is 86.4 cm³/mol. The Morgan fingerprint density at radius 1 is 1.30 bits per heavy atom. The van der Waals surface area contributed by atoms with E-state index in [0.717, 1.165) is 30.8 Å². The predicted octanol–water partition coefficient (Wildman–Crippen LogP) is 3.75. The van der Waals surface area contributed by atoms with Crippen LogP contribution in [0.2, 0.25) is 0 Å². The zero-order valence-corrected chi connectivity index (χ0v) is 13.6. The van der Waals surface area contributed by atoms with Gasteiger partial charge in [-0.2, -0.15) is 0 Å². The highest BCUT2D eigenvalue weighted by molar-refractivity contribution is 7.65. The van der Waals surface area contributed by atoms with E-state index in [1.807, 2.05) is 21.5 Å². The molecule has 0 fully saturated rings. The van der Waals surface area contributed by atoms with Gasteiger partial charge in [-0.3, -0.25) is 9.24 Å². The molecule has 0 saturated carbocycles. The van der Waals surface area contributed by atoms with Crippen molar-refractivity contribution in [3.8, 4) is 0 Å². The summed E-state index contributed by atoms with van der Waals surface area (Å²) in [6.07, 6.45) is 2.07. The molecule has 20 heavy (non-hydrogen) atoms. The van der Waals surface area contributed by atoms with Crippen LogP contribution in [0, 0.1) is 0 Å². The number of nitrogens with zero attached hydrogens (tertiary/aromatic N) is 2. The van der Waals surface area contributed by atoms with Crippen LogP contribution in [0.3, 0.4) is 0 Å². The lowest BCUT2D eigenvalue weighted by Crippen LogP contribution is -2.36. The van der Waals surface area contributed by atoms with Gasteiger partial charge >= 0.3 is 7.59 Å². The third kappa shape index (κ3) is 2.23. The lowest BCUT2D eigenvalue weighted by molar-refractivity contribution is 0.446. The first kappa shape index (κ1) is 14.5. The number of benzene rings is 1. The van der Waals surface area contributed by atoms with Gasteiger partial charge in [-0.05, 0) is 24.5 Å². The van der Waals surface area contributed by atoms with Crippen molar-refractivity contribution in [2.45, 2.75) is 12.8 Å². The van der Waals surface area contributed by atoms with Crippen molar-refractivity contribution in [2.24, 2.45) is 0 Å². The quantitative estimate of drug-likeness (QED) is 0.657. The van der Waals surface area contributed by atoms with E-state index >= 15 is 0 Å². The van der Waals surface area contributed by atoms with E-state index in [9.17, 15) is 4.57 Å². The first-order valence-electron chi connectivity index (χ1n) is 6.86. The van der Waals surface area contributed by atoms with Crippen molar-refractivity contribution in [3.63, 3.8) is 0 Å². The molecule has 3 rings (SSSR count). The van der Waals surface area contributed by atoms with Gasteiger partial charge in [0.1, 0.15) is 0 Å². The summed E-state index contributed by atoms with van der Waals surface area (Å²) in [4.78, 5) is 0. The molecule has 2 aliphatic heterocycles. The van der Waals surface area contributed by atoms with Gasteiger partial charge in [-0.1, -0.05) is 12.1 Å². The van der Waals surface area contributed by atoms with Crippen molar-refractivity contribution >= 4 is 42.2 Å². The van der Waals surface area contributed by atoms with E-state index in [4.69, 9.17) is 23.2 Å². The number of alkyl halides is 2. The van der Waals surface area contributed by atoms with Crippen LogP contribution >= 0.6 is 30.8 Å². The van der Waals surface area contributed by atoms with Crippen molar-refractivity contribution in [3.05, 3.63) is 23.8 Å². The SMILES string of the molecule is O=[P@@]1(N(CCCl)CCCl)Nc2cccc3c2N1CCC3. The molecule has 0 radical (unpaired) electrons. The Kier molecular flexibility index (Phi) is 4.19. The number of nitrogens with one attached hydrogen (secondary N) is 1. The molecule has 0 aromatic heterocycles. The van der Waals surface area contributed by atoms with Gasteiger partial charge in [0.2, 0.25) is 0 Å². The smallest absolute Gasteiger partial charge is 0.306 e. The maximum atomic E-state index is 13.5. The monoisotopic (exact) mass is 333 g/mol. The average Bonchev–Trinajstić information content (AvgIpc) is 2.75. The summed E-state index contributed by atoms with van der Waals surface area (Å²) < 4.78 is 17.5. The fourth-order valence-corrected chi connectivity index (χ4v) is 6.38. The number of halogens is 2. The summed E-state index contributed by atoms with van der Waals surface area (Å²) in [5.74, 6) is 0.888. The Hall–Kier alpha value is -0.410. The molecule has 4 nitrogen and oxygen atoms in total. The minimum atomic E-state index is -2.83. The summed E-state index contributed by atoms with van der Waals surface area (Å²) in [6, 6.07) is 6.14. The number of para-hydroxylation sites is 1. The molecule has 1 aromatic rings. The molecule has 0 spiro atoms. The molecule has 2 aliphatic rings. The van der Waals surface area contributed by atoms with E-state index in [2.05, 4.69) is 11.2 Å². The summed E-state index contributed by atoms with van der Waals surface area (Å²) in [7, 11) is -2.83. The third-order valence-electron chi connectivity index (χ3n) is 3.86. The van der Waals surface area contributed by atoms with E-state index in [1.165, 1.54) is 5.56 Å². The number of rotatable bonds is 5. The minimum Gasteiger partial charge on any atom is -0.306 e. The van der Waals surface area contributed by atoms with Gasteiger partial charge in [0.15, 0.2) is 0 Å². The zero-order valence-electron chi connectivity index (χ0n) is 11.2. The zero-order chi connectivity index (χ0) is 14.2. The second-order valence-corrected chi connectivity index (χ2v) is 8.14. The number of anilines is 2. The molecule has 1 N–H and O–H groups in total. The second kappa shape index (κ2) is 5.76. The third-order valence-corrected chi connectivity index (χ3v) is 6.95. The Labute approximate surface area is 129 Å². The van der Waals surface area contributed by atoms with Crippen LogP contribution < -0.4 is 9.76 Å². The van der Waals surface area contributed by atoms with E-state index < -0.39 is 7.59 Å². The lowest BCUT2D eigenvalue weighted by atomic mass is 10.0. The molecule has 0 saturated heterocycles. The molecule has 0 aliphatic carbocycles. The minimum absolute atomic E-state index is 0.444. The molecular weight excluding hydrogens is 316 g/mol. The van der Waals surface area contributed by atoms with Gasteiger partial charge in [0.05, 0.1) is 11.4 Å². The molecule has 0 unspecified atom stereocenters. The molecule has 1 aromatic carbocycles. The molecule has 1 atom stereocenters. The van der Waals surface area contributed by atoms with Crippen LogP contribution in [-0.4, -0.2) is 36.1 Å². The first-order chi connectivity index (χ1) is 9.70. The Morgan fingerprint density at radius 2 is 2.05 bits per heavy atom. The second-order valence-electron chi connectivity index (χ2n) is 5.03. The molecule has 2 heterocycles. The van der Waals surface area contributed by atoms with E-state index in [-0.39, 0.29) is 0 Å². The van der Waals surface area contributed by atoms with Crippen LogP contribution in [0.5, 0.6) is 0 Å². The Bertz CT molecular complexity index is 548. The van der Waals surface area contributed by atoms with Crippen LogP contribution in [0.15, 0.2) is 18.2 Å². The van der Waals surface area contributed by atoms with Crippen molar-refractivity contribution in [2.75, 3.05) is 41.2 Å². The number of hydrogen-bond donors (Lipinski definition) is 1.